The molecule has 2 aliphatic rings. The van der Waals surface area contributed by atoms with Crippen molar-refractivity contribution in [3.8, 4) is 11.3 Å². The third-order valence-electron chi connectivity index (χ3n) is 6.28. The van der Waals surface area contributed by atoms with Crippen LogP contribution in [0.2, 0.25) is 0 Å². The third-order valence-corrected chi connectivity index (χ3v) is 6.28. The van der Waals surface area contributed by atoms with Crippen molar-refractivity contribution in [1.29, 1.82) is 0 Å². The molecule has 0 radical (unpaired) electrons. The molecule has 4 N–H and O–H groups in total. The largest absolute Gasteiger partial charge is 0.390 e. The number of benzene rings is 2. The first-order valence-corrected chi connectivity index (χ1v) is 11.2. The van der Waals surface area contributed by atoms with Gasteiger partial charge in [0, 0.05) is 29.7 Å². The highest BCUT2D eigenvalue weighted by atomic mass is 19.1. The van der Waals surface area contributed by atoms with E-state index in [4.69, 9.17) is 0 Å². The summed E-state index contributed by atoms with van der Waals surface area (Å²) < 4.78 is 39.4. The number of aromatic amines is 1. The average molecular weight is 460 g/mol. The second-order valence-electron chi connectivity index (χ2n) is 9.30. The lowest BCUT2D eigenvalue weighted by atomic mass is 9.77. The molecule has 0 bridgehead atoms. The molecule has 0 unspecified atom stereocenters. The number of hydrogen-bond acceptors (Lipinski definition) is 2. The molecule has 1 heterocycles. The van der Waals surface area contributed by atoms with E-state index in [0.717, 1.165) is 12.6 Å². The van der Waals surface area contributed by atoms with Gasteiger partial charge in [-0.3, -0.25) is 0 Å². The summed E-state index contributed by atoms with van der Waals surface area (Å²) in [7, 11) is 0. The van der Waals surface area contributed by atoms with Crippen LogP contribution in [0.25, 0.3) is 22.2 Å². The van der Waals surface area contributed by atoms with E-state index in [2.05, 4.69) is 15.6 Å². The minimum Gasteiger partial charge on any atom is -0.390 e. The van der Waals surface area contributed by atoms with Gasteiger partial charge in [-0.25, -0.2) is 18.0 Å². The lowest BCUT2D eigenvalue weighted by Crippen LogP contribution is -2.55. The van der Waals surface area contributed by atoms with Crippen LogP contribution in [-0.4, -0.2) is 34.3 Å². The summed E-state index contributed by atoms with van der Waals surface area (Å²) in [5, 5.41) is 15.7. The quantitative estimate of drug-likeness (QED) is 0.430. The maximum Gasteiger partial charge on any atom is 0.315 e. The van der Waals surface area contributed by atoms with Crippen molar-refractivity contribution in [3.63, 3.8) is 0 Å². The number of H-pyrrole nitrogens is 1. The van der Waals surface area contributed by atoms with Gasteiger partial charge in [-0.1, -0.05) is 6.42 Å². The fraction of sp³-hybridized carbons (Fsp3) is 0.400. The summed E-state index contributed by atoms with van der Waals surface area (Å²) in [5.74, 6) is -0.907. The van der Waals surface area contributed by atoms with E-state index in [1.54, 1.807) is 25.1 Å². The fourth-order valence-electron chi connectivity index (χ4n) is 4.22. The molecule has 0 spiro atoms. The van der Waals surface area contributed by atoms with Gasteiger partial charge >= 0.3 is 6.03 Å². The van der Waals surface area contributed by atoms with Gasteiger partial charge in [0.05, 0.1) is 11.1 Å². The van der Waals surface area contributed by atoms with E-state index in [-0.39, 0.29) is 23.4 Å². The van der Waals surface area contributed by atoms with Gasteiger partial charge < -0.3 is 20.7 Å². The number of rotatable bonds is 4. The van der Waals surface area contributed by atoms with Crippen LogP contribution in [0.5, 0.6) is 0 Å². The molecule has 0 aliphatic heterocycles. The van der Waals surface area contributed by atoms with Crippen molar-refractivity contribution in [2.75, 3.05) is 6.54 Å². The molecule has 0 atom stereocenters. The molecule has 0 saturated heterocycles. The molecule has 2 fully saturated rings. The summed E-state index contributed by atoms with van der Waals surface area (Å²) in [5.41, 5.74) is 1.02. The highest BCUT2D eigenvalue weighted by Gasteiger charge is 2.39. The zero-order valence-electron chi connectivity index (χ0n) is 18.4. The number of aliphatic hydroxyl groups is 1. The predicted octanol–water partition coefficient (Wildman–Crippen LogP) is 5.25. The summed E-state index contributed by atoms with van der Waals surface area (Å²) in [4.78, 5) is 14.3. The molecule has 176 valence electrons. The number of hydrogen-bond donors (Lipinski definition) is 4. The van der Waals surface area contributed by atoms with Crippen LogP contribution in [0.15, 0.2) is 42.5 Å². The third kappa shape index (κ3) is 5.87. The Labute approximate surface area is 190 Å². The van der Waals surface area contributed by atoms with Gasteiger partial charge in [-0.15, -0.1) is 0 Å². The van der Waals surface area contributed by atoms with Crippen LogP contribution in [0.3, 0.4) is 0 Å². The maximum absolute atomic E-state index is 13.5. The van der Waals surface area contributed by atoms with Gasteiger partial charge in [-0.05, 0) is 80.5 Å². The normalized spacial score (nSPS) is 22.0. The smallest absolute Gasteiger partial charge is 0.315 e. The van der Waals surface area contributed by atoms with E-state index in [9.17, 15) is 23.1 Å². The lowest BCUT2D eigenvalue weighted by Gasteiger charge is -2.41. The number of carbonyl (C=O) groups is 1. The van der Waals surface area contributed by atoms with E-state index < -0.39 is 17.2 Å². The fourth-order valence-corrected chi connectivity index (χ4v) is 4.22. The lowest BCUT2D eigenvalue weighted by molar-refractivity contribution is -0.0355. The van der Waals surface area contributed by atoms with Gasteiger partial charge in [0.15, 0.2) is 0 Å². The predicted molar refractivity (Wildman–Crippen MR) is 121 cm³/mol. The molecule has 33 heavy (non-hydrogen) atoms. The molecular weight excluding hydrogens is 431 g/mol. The maximum atomic E-state index is 13.5. The van der Waals surface area contributed by atoms with E-state index in [1.165, 1.54) is 37.5 Å². The van der Waals surface area contributed by atoms with Crippen LogP contribution >= 0.6 is 0 Å². The summed E-state index contributed by atoms with van der Waals surface area (Å²) in [6.45, 7) is 2.60. The SMILES string of the molecule is CC1(O)CC(NC(=O)NCC2CCC2)C1.Fc1ccc(-c2cc3cc(F)cc(F)c3[nH]2)cc1. The Bertz CT molecular complexity index is 1120. The van der Waals surface area contributed by atoms with E-state index in [0.29, 0.717) is 35.4 Å². The van der Waals surface area contributed by atoms with Crippen LogP contribution in [-0.2, 0) is 0 Å². The Hall–Kier alpha value is -3.00. The Morgan fingerprint density at radius 1 is 1.09 bits per heavy atom. The first-order valence-electron chi connectivity index (χ1n) is 11.2. The number of urea groups is 1. The topological polar surface area (TPSA) is 77.2 Å². The highest BCUT2D eigenvalue weighted by molar-refractivity contribution is 5.86. The average Bonchev–Trinajstić information content (AvgIpc) is 3.11. The second-order valence-corrected chi connectivity index (χ2v) is 9.30. The Morgan fingerprint density at radius 2 is 1.79 bits per heavy atom. The molecule has 5 rings (SSSR count). The molecule has 5 nitrogen and oxygen atoms in total. The van der Waals surface area contributed by atoms with Crippen LogP contribution < -0.4 is 10.6 Å². The second kappa shape index (κ2) is 9.47. The summed E-state index contributed by atoms with van der Waals surface area (Å²) >= 11 is 0. The van der Waals surface area contributed by atoms with Crippen molar-refractivity contribution in [1.82, 2.24) is 15.6 Å². The summed E-state index contributed by atoms with van der Waals surface area (Å²) in [6, 6.07) is 9.58. The van der Waals surface area contributed by atoms with Crippen molar-refractivity contribution in [2.45, 2.75) is 50.7 Å². The van der Waals surface area contributed by atoms with Crippen molar-refractivity contribution >= 4 is 16.9 Å². The number of halogens is 3. The van der Waals surface area contributed by atoms with E-state index in [1.807, 2.05) is 0 Å². The number of carbonyl (C=O) groups excluding carboxylic acids is 1. The molecule has 8 heteroatoms. The van der Waals surface area contributed by atoms with E-state index >= 15 is 0 Å². The molecular formula is C25H28F3N3O2. The first-order chi connectivity index (χ1) is 15.7. The zero-order chi connectivity index (χ0) is 23.6. The summed E-state index contributed by atoms with van der Waals surface area (Å²) in [6.07, 6.45) is 5.14. The molecule has 2 amide bonds. The first kappa shape index (κ1) is 23.2. The van der Waals surface area contributed by atoms with Crippen molar-refractivity contribution in [3.05, 3.63) is 59.9 Å². The number of amides is 2. The number of fused-ring (bicyclic) bond motifs is 1. The monoisotopic (exact) mass is 459 g/mol. The van der Waals surface area contributed by atoms with Gasteiger partial charge in [0.25, 0.3) is 0 Å². The Kier molecular flexibility index (Phi) is 6.65. The molecule has 2 aromatic carbocycles. The van der Waals surface area contributed by atoms with Gasteiger partial charge in [0.2, 0.25) is 0 Å². The van der Waals surface area contributed by atoms with Crippen LogP contribution in [0.4, 0.5) is 18.0 Å². The number of nitrogens with one attached hydrogen (secondary N) is 3. The Morgan fingerprint density at radius 3 is 2.39 bits per heavy atom. The van der Waals surface area contributed by atoms with Gasteiger partial charge in [-0.2, -0.15) is 0 Å². The van der Waals surface area contributed by atoms with Crippen molar-refractivity contribution < 1.29 is 23.1 Å². The minimum absolute atomic E-state index is 0.0811. The molecule has 3 aromatic rings. The Balaban J connectivity index is 0.000000160. The minimum atomic E-state index is -0.640. The molecule has 2 aliphatic carbocycles. The number of aromatic nitrogens is 1. The zero-order valence-corrected chi connectivity index (χ0v) is 18.4. The standard InChI is InChI=1S/C14H8F3N.C11H20N2O2/c15-10-3-1-8(2-4-10)13-6-9-5-11(16)7-12(17)14(9)18-13;1-11(15)5-9(6-11)13-10(14)12-7-8-3-2-4-8/h1-7,18H;8-9,15H,2-7H2,1H3,(H2,12,13,14). The van der Waals surface area contributed by atoms with Crippen molar-refractivity contribution in [2.24, 2.45) is 5.92 Å². The van der Waals surface area contributed by atoms with Crippen LogP contribution in [0.1, 0.15) is 39.0 Å². The highest BCUT2D eigenvalue weighted by Crippen LogP contribution is 2.31. The molecule has 1 aromatic heterocycles. The molecule has 2 saturated carbocycles. The van der Waals surface area contributed by atoms with Gasteiger partial charge in [0.1, 0.15) is 17.5 Å². The van der Waals surface area contributed by atoms with Crippen LogP contribution in [0, 0.1) is 23.4 Å².